The summed E-state index contributed by atoms with van der Waals surface area (Å²) in [7, 11) is 6.90. The van der Waals surface area contributed by atoms with E-state index in [0.717, 1.165) is 5.56 Å². The molecule has 2 aromatic carbocycles. The van der Waals surface area contributed by atoms with Crippen LogP contribution in [0, 0.1) is 6.92 Å². The molecule has 164 valence electrons. The second kappa shape index (κ2) is 9.22. The van der Waals surface area contributed by atoms with E-state index in [2.05, 4.69) is 0 Å². The summed E-state index contributed by atoms with van der Waals surface area (Å²) in [5, 5.41) is 11.2. The minimum atomic E-state index is -0.752. The number of benzene rings is 2. The SMILES string of the molecule is COc1ccc(C(O)=C2C(=O)C(=O)N(CCN(C)C)[C@H]2c2ccccc2OC)c(C)c1. The summed E-state index contributed by atoms with van der Waals surface area (Å²) < 4.78 is 10.7. The zero-order chi connectivity index (χ0) is 22.7. The van der Waals surface area contributed by atoms with E-state index in [4.69, 9.17) is 9.47 Å². The van der Waals surface area contributed by atoms with Crippen molar-refractivity contribution in [3.63, 3.8) is 0 Å². The van der Waals surface area contributed by atoms with Gasteiger partial charge in [0.2, 0.25) is 0 Å². The summed E-state index contributed by atoms with van der Waals surface area (Å²) in [5.74, 6) is -0.363. The molecule has 0 aliphatic carbocycles. The molecule has 3 rings (SSSR count). The number of likely N-dealkylation sites (N-methyl/N-ethyl adjacent to an activating group) is 1. The number of carbonyl (C=O) groups is 2. The number of aliphatic hydroxyl groups excluding tert-OH is 1. The predicted molar refractivity (Wildman–Crippen MR) is 118 cm³/mol. The Kier molecular flexibility index (Phi) is 6.65. The van der Waals surface area contributed by atoms with Gasteiger partial charge in [0.25, 0.3) is 11.7 Å². The van der Waals surface area contributed by atoms with Crippen molar-refractivity contribution >= 4 is 17.4 Å². The molecule has 1 aliphatic heterocycles. The van der Waals surface area contributed by atoms with Crippen molar-refractivity contribution in [1.29, 1.82) is 0 Å². The largest absolute Gasteiger partial charge is 0.507 e. The number of Topliss-reactive ketones (excluding diaryl/α,β-unsaturated/α-hetero) is 1. The third-order valence-corrected chi connectivity index (χ3v) is 5.45. The third kappa shape index (κ3) is 4.27. The Morgan fingerprint density at radius 2 is 1.81 bits per heavy atom. The molecule has 1 saturated heterocycles. The van der Waals surface area contributed by atoms with Crippen molar-refractivity contribution in [1.82, 2.24) is 9.80 Å². The second-order valence-corrected chi connectivity index (χ2v) is 7.72. The van der Waals surface area contributed by atoms with Crippen LogP contribution >= 0.6 is 0 Å². The maximum atomic E-state index is 13.1. The smallest absolute Gasteiger partial charge is 0.295 e. The third-order valence-electron chi connectivity index (χ3n) is 5.45. The standard InChI is InChI=1S/C24H28N2O5/c1-15-14-16(30-4)10-11-17(15)22(27)20-21(18-8-6-7-9-19(18)31-5)26(13-12-25(2)3)24(29)23(20)28/h6-11,14,21,27H,12-13H2,1-5H3/t21-/m0/s1. The van der Waals surface area contributed by atoms with Crippen LogP contribution in [-0.2, 0) is 9.59 Å². The van der Waals surface area contributed by atoms with Gasteiger partial charge in [-0.1, -0.05) is 18.2 Å². The molecule has 0 unspecified atom stereocenters. The Hall–Kier alpha value is -3.32. The summed E-state index contributed by atoms with van der Waals surface area (Å²) in [6.45, 7) is 2.72. The molecule has 0 aromatic heterocycles. The Labute approximate surface area is 182 Å². The number of ether oxygens (including phenoxy) is 2. The van der Waals surface area contributed by atoms with E-state index in [1.807, 2.05) is 44.1 Å². The lowest BCUT2D eigenvalue weighted by molar-refractivity contribution is -0.140. The first-order valence-corrected chi connectivity index (χ1v) is 10.0. The fourth-order valence-corrected chi connectivity index (χ4v) is 3.81. The fraction of sp³-hybridized carbons (Fsp3) is 0.333. The number of methoxy groups -OCH3 is 2. The van der Waals surface area contributed by atoms with Crippen molar-refractivity contribution in [2.75, 3.05) is 41.4 Å². The molecule has 1 atom stereocenters. The van der Waals surface area contributed by atoms with Gasteiger partial charge in [-0.2, -0.15) is 0 Å². The molecule has 1 aliphatic rings. The van der Waals surface area contributed by atoms with Crippen molar-refractivity contribution in [3.05, 3.63) is 64.7 Å². The topological polar surface area (TPSA) is 79.3 Å². The van der Waals surface area contributed by atoms with E-state index in [0.29, 0.717) is 35.7 Å². The van der Waals surface area contributed by atoms with Gasteiger partial charge in [-0.15, -0.1) is 0 Å². The zero-order valence-electron chi connectivity index (χ0n) is 18.5. The Balaban J connectivity index is 2.21. The highest BCUT2D eigenvalue weighted by Gasteiger charge is 2.46. The van der Waals surface area contributed by atoms with E-state index in [1.54, 1.807) is 38.5 Å². The number of carbonyl (C=O) groups excluding carboxylic acids is 2. The fourth-order valence-electron chi connectivity index (χ4n) is 3.81. The molecule has 0 saturated carbocycles. The number of aryl methyl sites for hydroxylation is 1. The first-order chi connectivity index (χ1) is 14.8. The zero-order valence-corrected chi connectivity index (χ0v) is 18.5. The van der Waals surface area contributed by atoms with Crippen LogP contribution in [0.4, 0.5) is 0 Å². The number of para-hydroxylation sites is 1. The van der Waals surface area contributed by atoms with Gasteiger partial charge in [-0.05, 0) is 50.8 Å². The summed E-state index contributed by atoms with van der Waals surface area (Å²) >= 11 is 0. The quantitative estimate of drug-likeness (QED) is 0.418. The molecule has 1 heterocycles. The number of rotatable bonds is 7. The van der Waals surface area contributed by atoms with Crippen LogP contribution in [0.25, 0.3) is 5.76 Å². The Morgan fingerprint density at radius 3 is 2.42 bits per heavy atom. The van der Waals surface area contributed by atoms with Gasteiger partial charge in [-0.25, -0.2) is 0 Å². The minimum Gasteiger partial charge on any atom is -0.507 e. The molecule has 0 bridgehead atoms. The van der Waals surface area contributed by atoms with Gasteiger partial charge in [0.15, 0.2) is 0 Å². The summed E-state index contributed by atoms with van der Waals surface area (Å²) in [4.78, 5) is 29.5. The lowest BCUT2D eigenvalue weighted by Crippen LogP contribution is -2.35. The first-order valence-electron chi connectivity index (χ1n) is 10.0. The van der Waals surface area contributed by atoms with Gasteiger partial charge in [-0.3, -0.25) is 9.59 Å². The molecule has 7 heteroatoms. The molecule has 31 heavy (non-hydrogen) atoms. The Morgan fingerprint density at radius 1 is 1.10 bits per heavy atom. The molecule has 0 spiro atoms. The second-order valence-electron chi connectivity index (χ2n) is 7.72. The molecular formula is C24H28N2O5. The van der Waals surface area contributed by atoms with E-state index >= 15 is 0 Å². The maximum absolute atomic E-state index is 13.1. The number of likely N-dealkylation sites (tertiary alicyclic amines) is 1. The maximum Gasteiger partial charge on any atom is 0.295 e. The van der Waals surface area contributed by atoms with Crippen molar-refractivity contribution in [2.24, 2.45) is 0 Å². The lowest BCUT2D eigenvalue weighted by Gasteiger charge is -2.27. The monoisotopic (exact) mass is 424 g/mol. The number of hydrogen-bond donors (Lipinski definition) is 1. The van der Waals surface area contributed by atoms with Crippen molar-refractivity contribution in [3.8, 4) is 11.5 Å². The van der Waals surface area contributed by atoms with Crippen LogP contribution in [0.5, 0.6) is 11.5 Å². The van der Waals surface area contributed by atoms with Crippen LogP contribution in [-0.4, -0.2) is 68.0 Å². The predicted octanol–water partition coefficient (Wildman–Crippen LogP) is 3.00. The number of aliphatic hydroxyl groups is 1. The van der Waals surface area contributed by atoms with Crippen molar-refractivity contribution < 1.29 is 24.2 Å². The van der Waals surface area contributed by atoms with E-state index in [-0.39, 0.29) is 11.3 Å². The molecule has 7 nitrogen and oxygen atoms in total. The highest BCUT2D eigenvalue weighted by Crippen LogP contribution is 2.42. The van der Waals surface area contributed by atoms with Gasteiger partial charge in [0, 0.05) is 24.2 Å². The normalized spacial score (nSPS) is 18.0. The number of amides is 1. The van der Waals surface area contributed by atoms with Crippen LogP contribution < -0.4 is 9.47 Å². The van der Waals surface area contributed by atoms with Gasteiger partial charge < -0.3 is 24.4 Å². The number of nitrogens with zero attached hydrogens (tertiary/aromatic N) is 2. The average Bonchev–Trinajstić information content (AvgIpc) is 3.01. The van der Waals surface area contributed by atoms with Crippen molar-refractivity contribution in [2.45, 2.75) is 13.0 Å². The van der Waals surface area contributed by atoms with E-state index < -0.39 is 17.7 Å². The molecule has 0 radical (unpaired) electrons. The number of ketones is 1. The molecule has 1 fully saturated rings. The van der Waals surface area contributed by atoms with Crippen LogP contribution in [0.15, 0.2) is 48.0 Å². The minimum absolute atomic E-state index is 0.0570. The van der Waals surface area contributed by atoms with Crippen LogP contribution in [0.1, 0.15) is 22.7 Å². The summed E-state index contributed by atoms with van der Waals surface area (Å²) in [6.07, 6.45) is 0. The van der Waals surface area contributed by atoms with Crippen LogP contribution in [0.3, 0.4) is 0 Å². The van der Waals surface area contributed by atoms with E-state index in [9.17, 15) is 14.7 Å². The van der Waals surface area contributed by atoms with Gasteiger partial charge in [0.05, 0.1) is 25.8 Å². The van der Waals surface area contributed by atoms with Crippen LogP contribution in [0.2, 0.25) is 0 Å². The molecule has 1 amide bonds. The summed E-state index contributed by atoms with van der Waals surface area (Å²) in [5.41, 5.74) is 1.92. The van der Waals surface area contributed by atoms with Gasteiger partial charge >= 0.3 is 0 Å². The van der Waals surface area contributed by atoms with Gasteiger partial charge in [0.1, 0.15) is 17.3 Å². The highest BCUT2D eigenvalue weighted by molar-refractivity contribution is 6.46. The van der Waals surface area contributed by atoms with E-state index in [1.165, 1.54) is 4.90 Å². The molecule has 1 N–H and O–H groups in total. The molecule has 2 aromatic rings. The lowest BCUT2D eigenvalue weighted by atomic mass is 9.93. The molecular weight excluding hydrogens is 396 g/mol. The number of hydrogen-bond acceptors (Lipinski definition) is 6. The average molecular weight is 424 g/mol. The Bertz CT molecular complexity index is 1030. The highest BCUT2D eigenvalue weighted by atomic mass is 16.5. The summed E-state index contributed by atoms with van der Waals surface area (Å²) in [6, 6.07) is 11.7. The first kappa shape index (κ1) is 22.4.